The first-order valence-electron chi connectivity index (χ1n) is 6.99. The van der Waals surface area contributed by atoms with Gasteiger partial charge in [-0.1, -0.05) is 18.2 Å². The second-order valence-corrected chi connectivity index (χ2v) is 6.06. The lowest BCUT2D eigenvalue weighted by molar-refractivity contribution is -0.122. The quantitative estimate of drug-likeness (QED) is 0.905. The second-order valence-electron chi connectivity index (χ2n) is 6.06. The van der Waals surface area contributed by atoms with E-state index in [1.54, 1.807) is 0 Å². The molecule has 1 N–H and O–H groups in total. The zero-order chi connectivity index (χ0) is 13.9. The molecule has 19 heavy (non-hydrogen) atoms. The number of nitrogens with one attached hydrogen (secondary N) is 1. The van der Waals surface area contributed by atoms with Crippen LogP contribution < -0.4 is 5.32 Å². The minimum absolute atomic E-state index is 0.0906. The molecule has 0 bridgehead atoms. The van der Waals surface area contributed by atoms with Gasteiger partial charge in [0, 0.05) is 13.1 Å². The highest BCUT2D eigenvalue weighted by Crippen LogP contribution is 2.16. The Morgan fingerprint density at radius 3 is 2.79 bits per heavy atom. The van der Waals surface area contributed by atoms with Crippen LogP contribution in [0.4, 0.5) is 0 Å². The van der Waals surface area contributed by atoms with Crippen LogP contribution in [0.25, 0.3) is 0 Å². The Balaban J connectivity index is 1.78. The topological polar surface area (TPSA) is 30.5 Å². The van der Waals surface area contributed by atoms with Gasteiger partial charge in [-0.05, 0) is 44.4 Å². The van der Waals surface area contributed by atoms with Gasteiger partial charge in [0.15, 0.2) is 0 Å². The molecule has 106 valence electrons. The monoisotopic (exact) mass is 263 g/mol. The molecule has 0 spiro atoms. The van der Waals surface area contributed by atoms with Gasteiger partial charge in [0.05, 0.1) is 24.9 Å². The number of hydrogen-bond donors (Lipinski definition) is 1. The van der Waals surface area contributed by atoms with E-state index in [1.807, 2.05) is 0 Å². The molecule has 0 amide bonds. The summed E-state index contributed by atoms with van der Waals surface area (Å²) in [4.78, 5) is 0. The van der Waals surface area contributed by atoms with Gasteiger partial charge in [0.25, 0.3) is 0 Å². The summed E-state index contributed by atoms with van der Waals surface area (Å²) >= 11 is 0. The summed E-state index contributed by atoms with van der Waals surface area (Å²) in [5.41, 5.74) is 3.78. The maximum absolute atomic E-state index is 5.97. The molecule has 0 radical (unpaired) electrons. The van der Waals surface area contributed by atoms with Crippen LogP contribution in [0, 0.1) is 13.8 Å². The third-order valence-electron chi connectivity index (χ3n) is 3.55. The number of benzene rings is 1. The lowest BCUT2D eigenvalue weighted by Gasteiger charge is -2.36. The summed E-state index contributed by atoms with van der Waals surface area (Å²) in [6.07, 6.45) is 0.148. The van der Waals surface area contributed by atoms with Crippen LogP contribution >= 0.6 is 0 Å². The van der Waals surface area contributed by atoms with Crippen LogP contribution in [0.5, 0.6) is 0 Å². The molecule has 1 atom stereocenters. The van der Waals surface area contributed by atoms with Gasteiger partial charge in [-0.2, -0.15) is 0 Å². The summed E-state index contributed by atoms with van der Waals surface area (Å²) in [5, 5.41) is 3.39. The molecule has 1 aliphatic heterocycles. The van der Waals surface area contributed by atoms with Crippen LogP contribution in [-0.2, 0) is 16.1 Å². The molecule has 1 unspecified atom stereocenters. The van der Waals surface area contributed by atoms with E-state index in [9.17, 15) is 0 Å². The summed E-state index contributed by atoms with van der Waals surface area (Å²) in [7, 11) is 0. The van der Waals surface area contributed by atoms with E-state index in [0.29, 0.717) is 13.2 Å². The molecule has 0 saturated carbocycles. The molecule has 0 aliphatic carbocycles. The van der Waals surface area contributed by atoms with Crippen molar-refractivity contribution in [3.8, 4) is 0 Å². The van der Waals surface area contributed by atoms with Gasteiger partial charge < -0.3 is 14.8 Å². The Bertz CT molecular complexity index is 429. The minimum atomic E-state index is -0.0906. The van der Waals surface area contributed by atoms with Crippen molar-refractivity contribution in [3.63, 3.8) is 0 Å². The van der Waals surface area contributed by atoms with Crippen molar-refractivity contribution < 1.29 is 9.47 Å². The summed E-state index contributed by atoms with van der Waals surface area (Å²) in [6.45, 7) is 11.5. The summed E-state index contributed by atoms with van der Waals surface area (Å²) < 4.78 is 11.7. The molecule has 3 nitrogen and oxygen atoms in total. The van der Waals surface area contributed by atoms with Gasteiger partial charge in [-0.15, -0.1) is 0 Å². The molecule has 3 heteroatoms. The molecule has 1 aromatic rings. The number of ether oxygens (including phenoxy) is 2. The van der Waals surface area contributed by atoms with Crippen LogP contribution in [0.3, 0.4) is 0 Å². The molecule has 1 saturated heterocycles. The predicted octanol–water partition coefficient (Wildman–Crippen LogP) is 2.59. The third kappa shape index (κ3) is 4.30. The van der Waals surface area contributed by atoms with E-state index in [-0.39, 0.29) is 11.7 Å². The third-order valence-corrected chi connectivity index (χ3v) is 3.55. The fraction of sp³-hybridized carbons (Fsp3) is 0.625. The Morgan fingerprint density at radius 1 is 1.32 bits per heavy atom. The minimum Gasteiger partial charge on any atom is -0.374 e. The Kier molecular flexibility index (Phi) is 4.61. The summed E-state index contributed by atoms with van der Waals surface area (Å²) in [6, 6.07) is 6.47. The summed E-state index contributed by atoms with van der Waals surface area (Å²) in [5.74, 6) is 0. The lowest BCUT2D eigenvalue weighted by atomic mass is 10.1. The highest BCUT2D eigenvalue weighted by atomic mass is 16.5. The maximum Gasteiger partial charge on any atom is 0.0940 e. The smallest absolute Gasteiger partial charge is 0.0940 e. The first-order chi connectivity index (χ1) is 8.96. The fourth-order valence-electron chi connectivity index (χ4n) is 2.36. The van der Waals surface area contributed by atoms with E-state index < -0.39 is 0 Å². The molecule has 0 aromatic heterocycles. The number of rotatable bonds is 4. The zero-order valence-corrected chi connectivity index (χ0v) is 12.5. The highest BCUT2D eigenvalue weighted by molar-refractivity contribution is 5.29. The highest BCUT2D eigenvalue weighted by Gasteiger charge is 2.28. The van der Waals surface area contributed by atoms with Crippen LogP contribution in [0.2, 0.25) is 0 Å². The molecular formula is C16H25NO2. The van der Waals surface area contributed by atoms with Gasteiger partial charge in [-0.3, -0.25) is 0 Å². The lowest BCUT2D eigenvalue weighted by Crippen LogP contribution is -2.51. The van der Waals surface area contributed by atoms with E-state index >= 15 is 0 Å². The predicted molar refractivity (Wildman–Crippen MR) is 77.4 cm³/mol. The van der Waals surface area contributed by atoms with Crippen molar-refractivity contribution in [3.05, 3.63) is 34.9 Å². The van der Waals surface area contributed by atoms with Gasteiger partial charge >= 0.3 is 0 Å². The normalized spacial score (nSPS) is 22.4. The standard InChI is InChI=1S/C16H25NO2/c1-12-5-6-14(7-13(12)2)9-18-10-15-8-17-11-16(3,4)19-15/h5-7,15,17H,8-11H2,1-4H3. The molecule has 1 heterocycles. The number of morpholine rings is 1. The van der Waals surface area contributed by atoms with Gasteiger partial charge in [-0.25, -0.2) is 0 Å². The average molecular weight is 263 g/mol. The Labute approximate surface area is 116 Å². The number of hydrogen-bond acceptors (Lipinski definition) is 3. The molecule has 2 rings (SSSR count). The van der Waals surface area contributed by atoms with E-state index in [2.05, 4.69) is 51.2 Å². The number of aryl methyl sites for hydroxylation is 2. The molecular weight excluding hydrogens is 238 g/mol. The molecule has 1 aliphatic rings. The van der Waals surface area contributed by atoms with Crippen molar-refractivity contribution in [2.24, 2.45) is 0 Å². The average Bonchev–Trinajstić information content (AvgIpc) is 2.32. The molecule has 1 aromatic carbocycles. The van der Waals surface area contributed by atoms with Crippen molar-refractivity contribution in [1.82, 2.24) is 5.32 Å². The van der Waals surface area contributed by atoms with E-state index in [4.69, 9.17) is 9.47 Å². The van der Waals surface area contributed by atoms with Gasteiger partial charge in [0.2, 0.25) is 0 Å². The second kappa shape index (κ2) is 6.04. The SMILES string of the molecule is Cc1ccc(COCC2CNCC(C)(C)O2)cc1C. The first kappa shape index (κ1) is 14.5. The first-order valence-corrected chi connectivity index (χ1v) is 6.99. The van der Waals surface area contributed by atoms with Crippen molar-refractivity contribution in [2.45, 2.75) is 46.0 Å². The van der Waals surface area contributed by atoms with Crippen LogP contribution in [0.1, 0.15) is 30.5 Å². The molecule has 1 fully saturated rings. The van der Waals surface area contributed by atoms with E-state index in [1.165, 1.54) is 16.7 Å². The Morgan fingerprint density at radius 2 is 2.11 bits per heavy atom. The van der Waals surface area contributed by atoms with Crippen molar-refractivity contribution >= 4 is 0 Å². The zero-order valence-electron chi connectivity index (χ0n) is 12.5. The van der Waals surface area contributed by atoms with Gasteiger partial charge in [0.1, 0.15) is 0 Å². The largest absolute Gasteiger partial charge is 0.374 e. The van der Waals surface area contributed by atoms with E-state index in [0.717, 1.165) is 13.1 Å². The van der Waals surface area contributed by atoms with Crippen molar-refractivity contribution in [1.29, 1.82) is 0 Å². The van der Waals surface area contributed by atoms with Crippen molar-refractivity contribution in [2.75, 3.05) is 19.7 Å². The Hall–Kier alpha value is -0.900. The fourth-order valence-corrected chi connectivity index (χ4v) is 2.36. The maximum atomic E-state index is 5.97. The van der Waals surface area contributed by atoms with Crippen LogP contribution in [-0.4, -0.2) is 31.4 Å². The van der Waals surface area contributed by atoms with Crippen LogP contribution in [0.15, 0.2) is 18.2 Å².